The highest BCUT2D eigenvalue weighted by Gasteiger charge is 2.21. The number of carbonyl (C=O) groups excluding carboxylic acids is 1. The Kier molecular flexibility index (Phi) is 5.41. The summed E-state index contributed by atoms with van der Waals surface area (Å²) in [5.41, 5.74) is 1.10. The first-order chi connectivity index (χ1) is 9.70. The van der Waals surface area contributed by atoms with Crippen molar-refractivity contribution in [2.24, 2.45) is 0 Å². The minimum absolute atomic E-state index is 0.193. The molecule has 110 valence electrons. The Labute approximate surface area is 121 Å². The van der Waals surface area contributed by atoms with Crippen LogP contribution in [0.4, 0.5) is 0 Å². The molecule has 1 atom stereocenters. The summed E-state index contributed by atoms with van der Waals surface area (Å²) in [6.45, 7) is 7.12. The fourth-order valence-electron chi connectivity index (χ4n) is 2.45. The van der Waals surface area contributed by atoms with Crippen molar-refractivity contribution >= 4 is 5.91 Å². The van der Waals surface area contributed by atoms with Crippen molar-refractivity contribution in [2.45, 2.75) is 32.7 Å². The Hall–Kier alpha value is -1.55. The van der Waals surface area contributed by atoms with Crippen LogP contribution in [0.3, 0.4) is 0 Å². The maximum absolute atomic E-state index is 12.2. The number of ether oxygens (including phenoxy) is 1. The highest BCUT2D eigenvalue weighted by molar-refractivity contribution is 5.76. The zero-order valence-corrected chi connectivity index (χ0v) is 12.4. The fourth-order valence-corrected chi connectivity index (χ4v) is 2.45. The first-order valence-corrected chi connectivity index (χ1v) is 7.40. The van der Waals surface area contributed by atoms with Crippen molar-refractivity contribution in [2.75, 3.05) is 26.2 Å². The molecule has 1 aromatic carbocycles. The monoisotopic (exact) mass is 276 g/mol. The van der Waals surface area contributed by atoms with Crippen LogP contribution in [0, 0.1) is 6.92 Å². The molecule has 1 aliphatic heterocycles. The molecule has 1 aromatic rings. The van der Waals surface area contributed by atoms with E-state index in [-0.39, 0.29) is 5.91 Å². The predicted octanol–water partition coefficient (Wildman–Crippen LogP) is 1.97. The number of carbonyl (C=O) groups is 1. The van der Waals surface area contributed by atoms with E-state index >= 15 is 0 Å². The van der Waals surface area contributed by atoms with E-state index < -0.39 is 0 Å². The van der Waals surface area contributed by atoms with E-state index in [4.69, 9.17) is 4.74 Å². The minimum Gasteiger partial charge on any atom is -0.493 e. The molecule has 1 fully saturated rings. The van der Waals surface area contributed by atoms with Crippen molar-refractivity contribution in [3.63, 3.8) is 0 Å². The van der Waals surface area contributed by atoms with Gasteiger partial charge in [0.2, 0.25) is 5.91 Å². The van der Waals surface area contributed by atoms with Gasteiger partial charge in [-0.15, -0.1) is 0 Å². The first-order valence-electron chi connectivity index (χ1n) is 7.40. The summed E-state index contributed by atoms with van der Waals surface area (Å²) in [5, 5.41) is 3.42. The lowest BCUT2D eigenvalue weighted by Crippen LogP contribution is -2.52. The molecule has 0 bridgehead atoms. The lowest BCUT2D eigenvalue weighted by Gasteiger charge is -2.33. The number of para-hydroxylation sites is 1. The Morgan fingerprint density at radius 2 is 2.25 bits per heavy atom. The van der Waals surface area contributed by atoms with Crippen molar-refractivity contribution in [1.29, 1.82) is 0 Å². The Morgan fingerprint density at radius 3 is 3.00 bits per heavy atom. The molecule has 0 aliphatic carbocycles. The van der Waals surface area contributed by atoms with Gasteiger partial charge in [-0.3, -0.25) is 4.79 Å². The second-order valence-electron chi connectivity index (χ2n) is 5.26. The van der Waals surface area contributed by atoms with Gasteiger partial charge in [0, 0.05) is 25.7 Å². The van der Waals surface area contributed by atoms with Gasteiger partial charge in [0.15, 0.2) is 0 Å². The summed E-state index contributed by atoms with van der Waals surface area (Å²) in [5.74, 6) is 1.06. The third kappa shape index (κ3) is 3.97. The van der Waals surface area contributed by atoms with Crippen LogP contribution in [0.2, 0.25) is 0 Å². The van der Waals surface area contributed by atoms with E-state index in [2.05, 4.69) is 12.2 Å². The molecule has 0 unspecified atom stereocenters. The van der Waals surface area contributed by atoms with Crippen LogP contribution >= 0.6 is 0 Å². The average molecular weight is 276 g/mol. The third-order valence-electron chi connectivity index (χ3n) is 3.77. The molecule has 0 saturated carbocycles. The summed E-state index contributed by atoms with van der Waals surface area (Å²) in [6.07, 6.45) is 1.51. The van der Waals surface area contributed by atoms with Gasteiger partial charge < -0.3 is 15.0 Å². The highest BCUT2D eigenvalue weighted by Crippen LogP contribution is 2.16. The smallest absolute Gasteiger partial charge is 0.226 e. The van der Waals surface area contributed by atoms with E-state index in [1.165, 1.54) is 0 Å². The SMILES string of the molecule is CC[C@@H]1CN(C(=O)CCOc2ccccc2C)CCN1. The van der Waals surface area contributed by atoms with Gasteiger partial charge >= 0.3 is 0 Å². The molecule has 0 radical (unpaired) electrons. The molecule has 0 spiro atoms. The number of nitrogens with one attached hydrogen (secondary N) is 1. The molecular formula is C16H24N2O2. The molecule has 20 heavy (non-hydrogen) atoms. The predicted molar refractivity (Wildman–Crippen MR) is 80.0 cm³/mol. The van der Waals surface area contributed by atoms with Crippen LogP contribution in [0.25, 0.3) is 0 Å². The average Bonchev–Trinajstić information content (AvgIpc) is 2.49. The zero-order valence-electron chi connectivity index (χ0n) is 12.4. The number of aryl methyl sites for hydroxylation is 1. The molecule has 1 amide bonds. The molecule has 4 heteroatoms. The number of amides is 1. The Morgan fingerprint density at radius 1 is 1.45 bits per heavy atom. The first kappa shape index (κ1) is 14.9. The number of rotatable bonds is 5. The van der Waals surface area contributed by atoms with Gasteiger partial charge in [0.05, 0.1) is 13.0 Å². The summed E-state index contributed by atoms with van der Waals surface area (Å²) in [6, 6.07) is 8.33. The second kappa shape index (κ2) is 7.29. The quantitative estimate of drug-likeness (QED) is 0.894. The summed E-state index contributed by atoms with van der Waals surface area (Å²) in [4.78, 5) is 14.1. The van der Waals surface area contributed by atoms with Gasteiger partial charge in [0.25, 0.3) is 0 Å². The van der Waals surface area contributed by atoms with Crippen LogP contribution < -0.4 is 10.1 Å². The van der Waals surface area contributed by atoms with Gasteiger partial charge in [0.1, 0.15) is 5.75 Å². The van der Waals surface area contributed by atoms with E-state index in [0.29, 0.717) is 19.1 Å². The van der Waals surface area contributed by atoms with Crippen LogP contribution in [0.5, 0.6) is 5.75 Å². The molecule has 1 heterocycles. The molecule has 2 rings (SSSR count). The molecule has 1 N–H and O–H groups in total. The van der Waals surface area contributed by atoms with E-state index in [9.17, 15) is 4.79 Å². The molecule has 1 saturated heterocycles. The third-order valence-corrected chi connectivity index (χ3v) is 3.77. The fraction of sp³-hybridized carbons (Fsp3) is 0.562. The van der Waals surface area contributed by atoms with Crippen molar-refractivity contribution < 1.29 is 9.53 Å². The topological polar surface area (TPSA) is 41.6 Å². The zero-order chi connectivity index (χ0) is 14.4. The molecule has 1 aliphatic rings. The van der Waals surface area contributed by atoms with Gasteiger partial charge in [-0.05, 0) is 25.0 Å². The van der Waals surface area contributed by atoms with Gasteiger partial charge in [-0.2, -0.15) is 0 Å². The van der Waals surface area contributed by atoms with Crippen LogP contribution in [-0.4, -0.2) is 43.1 Å². The van der Waals surface area contributed by atoms with Crippen molar-refractivity contribution in [3.05, 3.63) is 29.8 Å². The number of nitrogens with zero attached hydrogens (tertiary/aromatic N) is 1. The van der Waals surface area contributed by atoms with E-state index in [1.54, 1.807) is 0 Å². The summed E-state index contributed by atoms with van der Waals surface area (Å²) in [7, 11) is 0. The molecular weight excluding hydrogens is 252 g/mol. The number of hydrogen-bond acceptors (Lipinski definition) is 3. The minimum atomic E-state index is 0.193. The number of hydrogen-bond donors (Lipinski definition) is 1. The Bertz CT molecular complexity index is 448. The van der Waals surface area contributed by atoms with Gasteiger partial charge in [-0.25, -0.2) is 0 Å². The lowest BCUT2D eigenvalue weighted by atomic mass is 10.1. The standard InChI is InChI=1S/C16H24N2O2/c1-3-14-12-18(10-9-17-14)16(19)8-11-20-15-7-5-4-6-13(15)2/h4-7,14,17H,3,8-12H2,1-2H3/t14-/m1/s1. The maximum atomic E-state index is 12.2. The van der Waals surface area contributed by atoms with Gasteiger partial charge in [-0.1, -0.05) is 25.1 Å². The summed E-state index contributed by atoms with van der Waals surface area (Å²) >= 11 is 0. The molecule has 4 nitrogen and oxygen atoms in total. The lowest BCUT2D eigenvalue weighted by molar-refractivity contribution is -0.132. The van der Waals surface area contributed by atoms with E-state index in [0.717, 1.165) is 37.4 Å². The van der Waals surface area contributed by atoms with E-state index in [1.807, 2.05) is 36.1 Å². The van der Waals surface area contributed by atoms with Crippen LogP contribution in [0.15, 0.2) is 24.3 Å². The largest absolute Gasteiger partial charge is 0.493 e. The van der Waals surface area contributed by atoms with Crippen molar-refractivity contribution in [3.8, 4) is 5.75 Å². The normalized spacial score (nSPS) is 18.9. The number of benzene rings is 1. The molecule has 0 aromatic heterocycles. The maximum Gasteiger partial charge on any atom is 0.226 e. The van der Waals surface area contributed by atoms with Crippen LogP contribution in [0.1, 0.15) is 25.3 Å². The van der Waals surface area contributed by atoms with Crippen molar-refractivity contribution in [1.82, 2.24) is 10.2 Å². The van der Waals surface area contributed by atoms with Crippen LogP contribution in [-0.2, 0) is 4.79 Å². The Balaban J connectivity index is 1.76. The second-order valence-corrected chi connectivity index (χ2v) is 5.26. The highest BCUT2D eigenvalue weighted by atomic mass is 16.5. The number of piperazine rings is 1. The summed E-state index contributed by atoms with van der Waals surface area (Å²) < 4.78 is 5.69.